The summed E-state index contributed by atoms with van der Waals surface area (Å²) < 4.78 is 12.3. The van der Waals surface area contributed by atoms with Crippen molar-refractivity contribution >= 4 is 0 Å². The van der Waals surface area contributed by atoms with E-state index < -0.39 is 0 Å². The molecule has 0 amide bonds. The Morgan fingerprint density at radius 3 is 2.75 bits per heavy atom. The number of methoxy groups -OCH3 is 1. The number of aromatic nitrogens is 3. The van der Waals surface area contributed by atoms with Crippen molar-refractivity contribution in [2.75, 3.05) is 20.3 Å². The van der Waals surface area contributed by atoms with E-state index in [1.807, 2.05) is 0 Å². The number of aryl methyl sites for hydroxylation is 1. The van der Waals surface area contributed by atoms with E-state index in [1.54, 1.807) is 25.2 Å². The van der Waals surface area contributed by atoms with Crippen LogP contribution in [-0.4, -0.2) is 47.2 Å². The number of hydrogen-bond donors (Lipinski definition) is 1. The van der Waals surface area contributed by atoms with Crippen LogP contribution in [0.5, 0.6) is 6.01 Å². The molecule has 0 fully saturated rings. The predicted molar refractivity (Wildman–Crippen MR) is 60.4 cm³/mol. The Labute approximate surface area is 96.0 Å². The molecule has 16 heavy (non-hydrogen) atoms. The van der Waals surface area contributed by atoms with Gasteiger partial charge in [-0.05, 0) is 0 Å². The fourth-order valence-corrected chi connectivity index (χ4v) is 1.21. The first kappa shape index (κ1) is 12.9. The Hall–Kier alpha value is -1.14. The molecule has 0 aliphatic rings. The average Bonchev–Trinajstić information content (AvgIpc) is 2.61. The number of nitrogens with one attached hydrogen (secondary N) is 1. The number of ether oxygens (including phenoxy) is 2. The average molecular weight is 228 g/mol. The van der Waals surface area contributed by atoms with Gasteiger partial charge in [0, 0.05) is 26.7 Å². The Balaban J connectivity index is 2.43. The lowest BCUT2D eigenvalue weighted by atomic mass is 10.3. The Bertz CT molecular complexity index is 301. The number of rotatable bonds is 7. The van der Waals surface area contributed by atoms with Gasteiger partial charge in [-0.25, -0.2) is 0 Å². The monoisotopic (exact) mass is 228 g/mol. The summed E-state index contributed by atoms with van der Waals surface area (Å²) >= 11 is 0. The van der Waals surface area contributed by atoms with Crippen molar-refractivity contribution in [3.05, 3.63) is 6.33 Å². The zero-order chi connectivity index (χ0) is 12.0. The summed E-state index contributed by atoms with van der Waals surface area (Å²) in [6.07, 6.45) is 1.53. The highest BCUT2D eigenvalue weighted by Gasteiger charge is 2.13. The molecular formula is C10H20N4O2. The Kier molecular flexibility index (Phi) is 5.21. The number of hydrogen-bond acceptors (Lipinski definition) is 5. The first-order valence-corrected chi connectivity index (χ1v) is 5.36. The van der Waals surface area contributed by atoms with Gasteiger partial charge in [-0.15, -0.1) is 5.10 Å². The smallest absolute Gasteiger partial charge is 0.335 e. The van der Waals surface area contributed by atoms with Gasteiger partial charge in [0.1, 0.15) is 12.4 Å². The first-order chi connectivity index (χ1) is 7.61. The van der Waals surface area contributed by atoms with Gasteiger partial charge in [-0.2, -0.15) is 4.98 Å². The van der Waals surface area contributed by atoms with E-state index in [2.05, 4.69) is 29.2 Å². The van der Waals surface area contributed by atoms with Gasteiger partial charge in [-0.3, -0.25) is 4.68 Å². The van der Waals surface area contributed by atoms with E-state index in [1.165, 1.54) is 0 Å². The van der Waals surface area contributed by atoms with E-state index in [9.17, 15) is 0 Å². The molecule has 0 saturated carbocycles. The van der Waals surface area contributed by atoms with Gasteiger partial charge in [-0.1, -0.05) is 13.8 Å². The second kappa shape index (κ2) is 6.44. The van der Waals surface area contributed by atoms with Crippen molar-refractivity contribution in [2.45, 2.75) is 26.0 Å². The summed E-state index contributed by atoms with van der Waals surface area (Å²) in [5, 5.41) is 7.35. The number of nitrogens with zero attached hydrogens (tertiary/aromatic N) is 3. The third-order valence-electron chi connectivity index (χ3n) is 1.96. The van der Waals surface area contributed by atoms with Crippen molar-refractivity contribution in [3.8, 4) is 6.01 Å². The van der Waals surface area contributed by atoms with Crippen LogP contribution in [0, 0.1) is 0 Å². The lowest BCUT2D eigenvalue weighted by Gasteiger charge is -2.18. The molecule has 6 nitrogen and oxygen atoms in total. The topological polar surface area (TPSA) is 61.2 Å². The van der Waals surface area contributed by atoms with Gasteiger partial charge in [0.05, 0.1) is 6.61 Å². The molecule has 1 N–H and O–H groups in total. The first-order valence-electron chi connectivity index (χ1n) is 5.36. The molecular weight excluding hydrogens is 208 g/mol. The molecule has 1 unspecified atom stereocenters. The maximum absolute atomic E-state index is 5.60. The van der Waals surface area contributed by atoms with Crippen molar-refractivity contribution in [3.63, 3.8) is 0 Å². The standard InChI is InChI=1S/C10H20N4O2/c1-8(2)11-5-9(6-15-4)16-10-12-7-14(3)13-10/h7-9,11H,5-6H2,1-4H3. The summed E-state index contributed by atoms with van der Waals surface area (Å²) in [5.74, 6) is 0. The summed E-state index contributed by atoms with van der Waals surface area (Å²) in [6, 6.07) is 0.801. The van der Waals surface area contributed by atoms with Crippen molar-refractivity contribution in [2.24, 2.45) is 7.05 Å². The van der Waals surface area contributed by atoms with Crippen molar-refractivity contribution < 1.29 is 9.47 Å². The molecule has 92 valence electrons. The molecule has 0 aliphatic carbocycles. The van der Waals surface area contributed by atoms with Gasteiger partial charge < -0.3 is 14.8 Å². The van der Waals surface area contributed by atoms with Crippen LogP contribution in [0.25, 0.3) is 0 Å². The summed E-state index contributed by atoms with van der Waals surface area (Å²) in [6.45, 7) is 5.40. The minimum absolute atomic E-state index is 0.0743. The molecule has 6 heteroatoms. The van der Waals surface area contributed by atoms with E-state index in [-0.39, 0.29) is 6.10 Å². The van der Waals surface area contributed by atoms with Crippen LogP contribution in [0.2, 0.25) is 0 Å². The highest BCUT2D eigenvalue weighted by atomic mass is 16.5. The molecule has 1 aromatic rings. The largest absolute Gasteiger partial charge is 0.455 e. The van der Waals surface area contributed by atoms with Crippen LogP contribution >= 0.6 is 0 Å². The van der Waals surface area contributed by atoms with Crippen molar-refractivity contribution in [1.82, 2.24) is 20.1 Å². The van der Waals surface area contributed by atoms with Crippen LogP contribution in [0.1, 0.15) is 13.8 Å². The van der Waals surface area contributed by atoms with E-state index >= 15 is 0 Å². The molecule has 0 saturated heterocycles. The zero-order valence-electron chi connectivity index (χ0n) is 10.3. The van der Waals surface area contributed by atoms with Gasteiger partial charge >= 0.3 is 6.01 Å². The molecule has 0 bridgehead atoms. The Morgan fingerprint density at radius 2 is 2.25 bits per heavy atom. The molecule has 1 aromatic heterocycles. The van der Waals surface area contributed by atoms with Crippen LogP contribution < -0.4 is 10.1 Å². The van der Waals surface area contributed by atoms with Gasteiger partial charge in [0.15, 0.2) is 0 Å². The molecule has 1 heterocycles. The van der Waals surface area contributed by atoms with E-state index in [4.69, 9.17) is 9.47 Å². The highest BCUT2D eigenvalue weighted by molar-refractivity contribution is 4.89. The van der Waals surface area contributed by atoms with E-state index in [0.29, 0.717) is 25.2 Å². The predicted octanol–water partition coefficient (Wildman–Crippen LogP) is 0.207. The third kappa shape index (κ3) is 4.59. The van der Waals surface area contributed by atoms with Crippen LogP contribution in [0.3, 0.4) is 0 Å². The molecule has 0 radical (unpaired) electrons. The van der Waals surface area contributed by atoms with E-state index in [0.717, 1.165) is 0 Å². The lowest BCUT2D eigenvalue weighted by molar-refractivity contribution is 0.0729. The Morgan fingerprint density at radius 1 is 1.50 bits per heavy atom. The fourth-order valence-electron chi connectivity index (χ4n) is 1.21. The maximum Gasteiger partial charge on any atom is 0.335 e. The minimum atomic E-state index is -0.0743. The molecule has 1 atom stereocenters. The van der Waals surface area contributed by atoms with Crippen LogP contribution in [0.4, 0.5) is 0 Å². The summed E-state index contributed by atoms with van der Waals surface area (Å²) in [5.41, 5.74) is 0. The second-order valence-corrected chi connectivity index (χ2v) is 3.96. The maximum atomic E-state index is 5.60. The third-order valence-corrected chi connectivity index (χ3v) is 1.96. The fraction of sp³-hybridized carbons (Fsp3) is 0.800. The van der Waals surface area contributed by atoms with Crippen molar-refractivity contribution in [1.29, 1.82) is 0 Å². The molecule has 0 aliphatic heterocycles. The molecule has 0 spiro atoms. The molecule has 1 rings (SSSR count). The highest BCUT2D eigenvalue weighted by Crippen LogP contribution is 2.03. The molecule has 0 aromatic carbocycles. The minimum Gasteiger partial charge on any atom is -0.455 e. The SMILES string of the molecule is COCC(CNC(C)C)Oc1ncn(C)n1. The van der Waals surface area contributed by atoms with Gasteiger partial charge in [0.25, 0.3) is 0 Å². The quantitative estimate of drug-likeness (QED) is 0.722. The summed E-state index contributed by atoms with van der Waals surface area (Å²) in [4.78, 5) is 4.01. The summed E-state index contributed by atoms with van der Waals surface area (Å²) in [7, 11) is 3.45. The zero-order valence-corrected chi connectivity index (χ0v) is 10.3. The lowest BCUT2D eigenvalue weighted by Crippen LogP contribution is -2.38. The second-order valence-electron chi connectivity index (χ2n) is 3.96. The normalized spacial score (nSPS) is 13.1. The van der Waals surface area contributed by atoms with Crippen LogP contribution in [0.15, 0.2) is 6.33 Å². The van der Waals surface area contributed by atoms with Gasteiger partial charge in [0.2, 0.25) is 0 Å². The van der Waals surface area contributed by atoms with Crippen LogP contribution in [-0.2, 0) is 11.8 Å².